The van der Waals surface area contributed by atoms with E-state index < -0.39 is 20.5 Å². The molecule has 0 saturated heterocycles. The topological polar surface area (TPSA) is 139 Å². The van der Waals surface area contributed by atoms with Crippen molar-refractivity contribution in [1.82, 2.24) is 9.62 Å². The van der Waals surface area contributed by atoms with E-state index in [9.17, 15) is 18.3 Å². The van der Waals surface area contributed by atoms with Crippen LogP contribution in [0, 0.1) is 17.8 Å². The van der Waals surface area contributed by atoms with Crippen molar-refractivity contribution in [3.05, 3.63) is 48.6 Å². The highest BCUT2D eigenvalue weighted by atomic mass is 79.9. The van der Waals surface area contributed by atoms with Gasteiger partial charge in [0.15, 0.2) is 0 Å². The number of allylic oxidation sites excluding steroid dienone is 2. The van der Waals surface area contributed by atoms with Gasteiger partial charge in [-0.2, -0.15) is 4.31 Å². The van der Waals surface area contributed by atoms with Crippen LogP contribution in [0.2, 0.25) is 0 Å². The van der Waals surface area contributed by atoms with Crippen molar-refractivity contribution in [2.24, 2.45) is 23.5 Å². The van der Waals surface area contributed by atoms with Gasteiger partial charge in [-0.05, 0) is 43.0 Å². The monoisotopic (exact) mass is 556 g/mol. The van der Waals surface area contributed by atoms with Crippen LogP contribution >= 0.6 is 15.9 Å². The maximum atomic E-state index is 13.3. The fourth-order valence-electron chi connectivity index (χ4n) is 3.97. The minimum Gasteiger partial charge on any atom is -0.399 e. The van der Waals surface area contributed by atoms with Gasteiger partial charge in [0, 0.05) is 36.7 Å². The van der Waals surface area contributed by atoms with Gasteiger partial charge in [0.2, 0.25) is 15.9 Å². The summed E-state index contributed by atoms with van der Waals surface area (Å²) in [6, 6.07) is 5.44. The normalized spacial score (nSPS) is 22.2. The molecule has 1 aromatic rings. The molecule has 10 heteroatoms. The Balaban J connectivity index is 2.01. The molecule has 2 unspecified atom stereocenters. The molecule has 1 aliphatic carbocycles. The first kappa shape index (κ1) is 28.5. The van der Waals surface area contributed by atoms with E-state index in [1.54, 1.807) is 12.1 Å². The number of rotatable bonds is 12. The van der Waals surface area contributed by atoms with E-state index in [0.717, 1.165) is 0 Å². The van der Waals surface area contributed by atoms with Gasteiger partial charge in [-0.25, -0.2) is 8.42 Å². The number of carbonyl (C=O) groups excluding carboxylic acids is 1. The second-order valence-electron chi connectivity index (χ2n) is 9.19. The summed E-state index contributed by atoms with van der Waals surface area (Å²) in [4.78, 5) is 12.8. The molecule has 0 heterocycles. The predicted octanol–water partition coefficient (Wildman–Crippen LogP) is 2.60. The lowest BCUT2D eigenvalue weighted by atomic mass is 9.84. The minimum absolute atomic E-state index is 0.0662. The standard InChI is InChI=1S/C24H37BrN4O4S/c1-17(2)15-29(34(32,33)21-11-9-19(26)10-12-21)20(16-30)7-6-14-28-23(31)18(3)22-8-4-5-13-24(22,25)27/h4-5,8-13,17-18,20,22,30H,6-7,14-16,26-27H2,1-3H3,(H,28,31)/t18-,20-,22?,24?/m0/s1. The van der Waals surface area contributed by atoms with Gasteiger partial charge in [0.1, 0.15) is 0 Å². The number of sulfonamides is 1. The lowest BCUT2D eigenvalue weighted by Gasteiger charge is -2.33. The Morgan fingerprint density at radius 3 is 2.44 bits per heavy atom. The van der Waals surface area contributed by atoms with Crippen LogP contribution in [-0.2, 0) is 14.8 Å². The molecule has 8 nitrogen and oxygen atoms in total. The number of carbonyl (C=O) groups is 1. The highest BCUT2D eigenvalue weighted by Gasteiger charge is 2.36. The van der Waals surface area contributed by atoms with E-state index in [4.69, 9.17) is 11.5 Å². The van der Waals surface area contributed by atoms with Gasteiger partial charge in [-0.15, -0.1) is 0 Å². The largest absolute Gasteiger partial charge is 0.399 e. The molecular formula is C24H37BrN4O4S. The van der Waals surface area contributed by atoms with Crippen molar-refractivity contribution in [3.8, 4) is 0 Å². The van der Waals surface area contributed by atoms with Gasteiger partial charge >= 0.3 is 0 Å². The Hall–Kier alpha value is -1.72. The van der Waals surface area contributed by atoms with E-state index in [1.807, 2.05) is 45.1 Å². The number of nitrogen functional groups attached to an aromatic ring is 1. The van der Waals surface area contributed by atoms with Crippen LogP contribution in [0.25, 0.3) is 0 Å². The van der Waals surface area contributed by atoms with Crippen molar-refractivity contribution in [2.75, 3.05) is 25.4 Å². The molecule has 0 aromatic heterocycles. The summed E-state index contributed by atoms with van der Waals surface area (Å²) in [6.45, 7) is 6.00. The van der Waals surface area contributed by atoms with Gasteiger partial charge in [0.25, 0.3) is 0 Å². The number of benzene rings is 1. The molecule has 0 radical (unpaired) electrons. The third-order valence-electron chi connectivity index (χ3n) is 5.91. The molecule has 6 N–H and O–H groups in total. The predicted molar refractivity (Wildman–Crippen MR) is 139 cm³/mol. The highest BCUT2D eigenvalue weighted by molar-refractivity contribution is 9.10. The Labute approximate surface area is 211 Å². The number of nitrogens with one attached hydrogen (secondary N) is 1. The Bertz CT molecular complexity index is 977. The number of nitrogens with zero attached hydrogens (tertiary/aromatic N) is 1. The number of amides is 1. The summed E-state index contributed by atoms with van der Waals surface area (Å²) in [5.41, 5.74) is 12.4. The number of alkyl halides is 1. The molecule has 1 amide bonds. The Morgan fingerprint density at radius 2 is 1.88 bits per heavy atom. The second kappa shape index (κ2) is 12.3. The zero-order valence-corrected chi connectivity index (χ0v) is 22.4. The van der Waals surface area contributed by atoms with Gasteiger partial charge in [-0.1, -0.05) is 61.0 Å². The second-order valence-corrected chi connectivity index (χ2v) is 12.5. The van der Waals surface area contributed by atoms with E-state index in [2.05, 4.69) is 21.2 Å². The first-order valence-corrected chi connectivity index (χ1v) is 13.7. The number of anilines is 1. The highest BCUT2D eigenvalue weighted by Crippen LogP contribution is 2.33. The fourth-order valence-corrected chi connectivity index (χ4v) is 6.49. The molecule has 1 aromatic carbocycles. The van der Waals surface area contributed by atoms with Gasteiger partial charge in [0.05, 0.1) is 16.0 Å². The molecule has 4 atom stereocenters. The lowest BCUT2D eigenvalue weighted by Crippen LogP contribution is -2.47. The van der Waals surface area contributed by atoms with Gasteiger partial charge < -0.3 is 21.9 Å². The molecule has 0 fully saturated rings. The molecule has 34 heavy (non-hydrogen) atoms. The molecule has 190 valence electrons. The van der Waals surface area contributed by atoms with Crippen molar-refractivity contribution < 1.29 is 18.3 Å². The Morgan fingerprint density at radius 1 is 1.24 bits per heavy atom. The molecule has 0 bridgehead atoms. The number of hydrogen-bond acceptors (Lipinski definition) is 6. The molecule has 2 rings (SSSR count). The van der Waals surface area contributed by atoms with Crippen LogP contribution < -0.4 is 16.8 Å². The smallest absolute Gasteiger partial charge is 0.243 e. The summed E-state index contributed by atoms with van der Waals surface area (Å²) in [6.07, 6.45) is 8.35. The summed E-state index contributed by atoms with van der Waals surface area (Å²) in [5.74, 6) is -0.623. The maximum absolute atomic E-state index is 13.3. The van der Waals surface area contributed by atoms with E-state index >= 15 is 0 Å². The fraction of sp³-hybridized carbons (Fsp3) is 0.542. The molecule has 0 spiro atoms. The van der Waals surface area contributed by atoms with Crippen LogP contribution in [0.5, 0.6) is 0 Å². The van der Waals surface area contributed by atoms with Gasteiger partial charge in [-0.3, -0.25) is 4.79 Å². The zero-order chi connectivity index (χ0) is 25.5. The quantitative estimate of drug-likeness (QED) is 0.135. The van der Waals surface area contributed by atoms with E-state index in [-0.39, 0.29) is 41.7 Å². The average Bonchev–Trinajstić information content (AvgIpc) is 2.77. The van der Waals surface area contributed by atoms with Crippen molar-refractivity contribution in [1.29, 1.82) is 0 Å². The SMILES string of the molecule is CC(C)CN([C@H](CO)CCCNC(=O)[C@@H](C)C1C=CC=CC1(N)Br)S(=O)(=O)c1ccc(N)cc1. The molecule has 1 aliphatic rings. The third-order valence-corrected chi connectivity index (χ3v) is 8.63. The van der Waals surface area contributed by atoms with Crippen LogP contribution in [0.4, 0.5) is 5.69 Å². The molecule has 0 saturated carbocycles. The number of hydrogen-bond donors (Lipinski definition) is 4. The summed E-state index contributed by atoms with van der Waals surface area (Å²) in [7, 11) is -3.82. The zero-order valence-electron chi connectivity index (χ0n) is 20.0. The summed E-state index contributed by atoms with van der Waals surface area (Å²) < 4.78 is 27.2. The number of halogens is 1. The van der Waals surface area contributed by atoms with Crippen LogP contribution in [-0.4, -0.2) is 53.9 Å². The first-order valence-electron chi connectivity index (χ1n) is 11.5. The van der Waals surface area contributed by atoms with Crippen molar-refractivity contribution in [2.45, 2.75) is 49.0 Å². The Kier molecular flexibility index (Phi) is 10.3. The minimum atomic E-state index is -3.82. The molecule has 0 aliphatic heterocycles. The first-order chi connectivity index (χ1) is 15.9. The number of aliphatic hydroxyl groups is 1. The van der Waals surface area contributed by atoms with Crippen LogP contribution in [0.15, 0.2) is 53.5 Å². The number of aliphatic hydroxyl groups excluding tert-OH is 1. The summed E-state index contributed by atoms with van der Waals surface area (Å²) >= 11 is 3.48. The third kappa shape index (κ3) is 7.39. The van der Waals surface area contributed by atoms with Crippen LogP contribution in [0.3, 0.4) is 0 Å². The lowest BCUT2D eigenvalue weighted by molar-refractivity contribution is -0.125. The maximum Gasteiger partial charge on any atom is 0.243 e. The van der Waals surface area contributed by atoms with Crippen molar-refractivity contribution >= 4 is 37.5 Å². The van der Waals surface area contributed by atoms with Crippen molar-refractivity contribution in [3.63, 3.8) is 0 Å². The van der Waals surface area contributed by atoms with E-state index in [1.165, 1.54) is 16.4 Å². The number of nitrogens with two attached hydrogens (primary N) is 2. The van der Waals surface area contributed by atoms with E-state index in [0.29, 0.717) is 25.1 Å². The average molecular weight is 558 g/mol. The molecular weight excluding hydrogens is 520 g/mol. The van der Waals surface area contributed by atoms with Crippen LogP contribution in [0.1, 0.15) is 33.6 Å². The summed E-state index contributed by atoms with van der Waals surface area (Å²) in [5, 5.41) is 13.0.